The van der Waals surface area contributed by atoms with Gasteiger partial charge in [-0.2, -0.15) is 0 Å². The summed E-state index contributed by atoms with van der Waals surface area (Å²) in [6.07, 6.45) is 0. The minimum absolute atomic E-state index is 0.0327. The third kappa shape index (κ3) is 2.81. The van der Waals surface area contributed by atoms with Gasteiger partial charge >= 0.3 is 0 Å². The van der Waals surface area contributed by atoms with E-state index in [4.69, 9.17) is 22.5 Å². The van der Waals surface area contributed by atoms with Crippen LogP contribution in [0.2, 0.25) is 5.02 Å². The largest absolute Gasteiger partial charge is 0.409 e. The van der Waals surface area contributed by atoms with Crippen molar-refractivity contribution in [1.29, 1.82) is 0 Å². The van der Waals surface area contributed by atoms with Gasteiger partial charge in [0.1, 0.15) is 0 Å². The maximum Gasteiger partial charge on any atom is 0.171 e. The second kappa shape index (κ2) is 5.67. The molecule has 21 heavy (non-hydrogen) atoms. The highest BCUT2D eigenvalue weighted by Gasteiger charge is 2.12. The zero-order valence-electron chi connectivity index (χ0n) is 10.7. The Bertz CT molecular complexity index is 798. The van der Waals surface area contributed by atoms with Crippen LogP contribution in [-0.2, 0) is 0 Å². The molecule has 0 saturated heterocycles. The Morgan fingerprint density at radius 1 is 1.29 bits per heavy atom. The number of amidine groups is 1. The second-order valence-electron chi connectivity index (χ2n) is 4.29. The van der Waals surface area contributed by atoms with Crippen molar-refractivity contribution in [3.05, 3.63) is 53.1 Å². The van der Waals surface area contributed by atoms with E-state index in [0.717, 1.165) is 15.9 Å². The third-order valence-electron chi connectivity index (χ3n) is 2.90. The molecule has 0 aliphatic heterocycles. The van der Waals surface area contributed by atoms with Gasteiger partial charge in [-0.1, -0.05) is 40.7 Å². The van der Waals surface area contributed by atoms with Crippen molar-refractivity contribution in [2.24, 2.45) is 10.9 Å². The lowest BCUT2D eigenvalue weighted by atomic mass is 10.2. The van der Waals surface area contributed by atoms with Crippen molar-refractivity contribution in [2.75, 3.05) is 0 Å². The highest BCUT2D eigenvalue weighted by molar-refractivity contribution is 7.99. The summed E-state index contributed by atoms with van der Waals surface area (Å²) in [5.41, 5.74) is 8.12. The number of nitrogens with one attached hydrogen (secondary N) is 1. The van der Waals surface area contributed by atoms with Gasteiger partial charge in [-0.15, -0.1) is 0 Å². The first-order valence-corrected chi connectivity index (χ1v) is 7.27. The number of aromatic amines is 1. The molecule has 2 aromatic carbocycles. The minimum atomic E-state index is 0.0327. The first kappa shape index (κ1) is 13.8. The van der Waals surface area contributed by atoms with Gasteiger partial charge in [0.15, 0.2) is 11.0 Å². The maximum absolute atomic E-state index is 8.86. The van der Waals surface area contributed by atoms with Gasteiger partial charge in [-0.3, -0.25) is 0 Å². The fraction of sp³-hybridized carbons (Fsp3) is 0. The van der Waals surface area contributed by atoms with Crippen molar-refractivity contribution in [3.63, 3.8) is 0 Å². The average Bonchev–Trinajstić information content (AvgIpc) is 2.89. The maximum atomic E-state index is 8.86. The van der Waals surface area contributed by atoms with Gasteiger partial charge in [0.2, 0.25) is 0 Å². The first-order valence-electron chi connectivity index (χ1n) is 6.07. The number of nitrogens with zero attached hydrogens (tertiary/aromatic N) is 2. The van der Waals surface area contributed by atoms with Crippen LogP contribution in [0.3, 0.4) is 0 Å². The van der Waals surface area contributed by atoms with Crippen LogP contribution in [0.25, 0.3) is 11.0 Å². The monoisotopic (exact) mass is 318 g/mol. The van der Waals surface area contributed by atoms with E-state index in [1.807, 2.05) is 24.3 Å². The standard InChI is InChI=1S/C14H11ClN4OS/c15-8-5-6-9(13(16)19-20)12(7-8)21-14-17-10-3-1-2-4-11(10)18-14/h1-7,20H,(H2,16,19)(H,17,18). The number of benzene rings is 2. The van der Waals surface area contributed by atoms with E-state index >= 15 is 0 Å². The van der Waals surface area contributed by atoms with Crippen molar-refractivity contribution in [1.82, 2.24) is 9.97 Å². The van der Waals surface area contributed by atoms with E-state index in [9.17, 15) is 0 Å². The molecule has 0 fully saturated rings. The molecule has 1 aromatic heterocycles. The molecule has 0 saturated carbocycles. The lowest BCUT2D eigenvalue weighted by Gasteiger charge is -2.06. The van der Waals surface area contributed by atoms with Gasteiger partial charge in [0.25, 0.3) is 0 Å². The lowest BCUT2D eigenvalue weighted by Crippen LogP contribution is -2.14. The molecular weight excluding hydrogens is 308 g/mol. The van der Waals surface area contributed by atoms with Gasteiger partial charge < -0.3 is 15.9 Å². The summed E-state index contributed by atoms with van der Waals surface area (Å²) in [5.74, 6) is 0.0327. The molecule has 0 unspecified atom stereocenters. The molecule has 0 aliphatic rings. The molecule has 3 rings (SSSR count). The van der Waals surface area contributed by atoms with E-state index in [-0.39, 0.29) is 5.84 Å². The second-order valence-corrected chi connectivity index (χ2v) is 5.75. The van der Waals surface area contributed by atoms with Gasteiger partial charge in [-0.25, -0.2) is 4.98 Å². The first-order chi connectivity index (χ1) is 10.2. The SMILES string of the molecule is NC(=NO)c1ccc(Cl)cc1Sc1nc2ccccc2[nH]1. The summed E-state index contributed by atoms with van der Waals surface area (Å²) in [5, 5.41) is 13.2. The number of halogens is 1. The molecule has 0 bridgehead atoms. The van der Waals surface area contributed by atoms with E-state index in [0.29, 0.717) is 15.7 Å². The van der Waals surface area contributed by atoms with Crippen molar-refractivity contribution in [3.8, 4) is 0 Å². The molecule has 0 radical (unpaired) electrons. The summed E-state index contributed by atoms with van der Waals surface area (Å²) in [7, 11) is 0. The summed E-state index contributed by atoms with van der Waals surface area (Å²) in [4.78, 5) is 8.46. The molecule has 1 heterocycles. The normalized spacial score (nSPS) is 12.0. The van der Waals surface area contributed by atoms with Crippen LogP contribution < -0.4 is 5.73 Å². The van der Waals surface area contributed by atoms with Gasteiger partial charge in [0, 0.05) is 15.5 Å². The lowest BCUT2D eigenvalue weighted by molar-refractivity contribution is 0.318. The van der Waals surface area contributed by atoms with Crippen molar-refractivity contribution in [2.45, 2.75) is 10.1 Å². The zero-order chi connectivity index (χ0) is 14.8. The molecular formula is C14H11ClN4OS. The van der Waals surface area contributed by atoms with E-state index in [1.165, 1.54) is 11.8 Å². The van der Waals surface area contributed by atoms with Gasteiger partial charge in [-0.05, 0) is 30.3 Å². The highest BCUT2D eigenvalue weighted by atomic mass is 35.5. The highest BCUT2D eigenvalue weighted by Crippen LogP contribution is 2.32. The minimum Gasteiger partial charge on any atom is -0.409 e. The summed E-state index contributed by atoms with van der Waals surface area (Å²) < 4.78 is 0. The molecule has 4 N–H and O–H groups in total. The van der Waals surface area contributed by atoms with Crippen LogP contribution in [0, 0.1) is 0 Å². The molecule has 106 valence electrons. The number of aromatic nitrogens is 2. The predicted octanol–water partition coefficient (Wildman–Crippen LogP) is 3.46. The Kier molecular flexibility index (Phi) is 3.72. The number of para-hydroxylation sites is 2. The Morgan fingerprint density at radius 3 is 2.86 bits per heavy atom. The Labute approximate surface area is 129 Å². The number of rotatable bonds is 3. The average molecular weight is 319 g/mol. The van der Waals surface area contributed by atoms with Crippen LogP contribution in [-0.4, -0.2) is 21.0 Å². The third-order valence-corrected chi connectivity index (χ3v) is 4.08. The molecule has 0 amide bonds. The fourth-order valence-electron chi connectivity index (χ4n) is 1.93. The number of oxime groups is 1. The number of hydrogen-bond donors (Lipinski definition) is 3. The van der Waals surface area contributed by atoms with Crippen molar-refractivity contribution < 1.29 is 5.21 Å². The molecule has 5 nitrogen and oxygen atoms in total. The predicted molar refractivity (Wildman–Crippen MR) is 84.2 cm³/mol. The van der Waals surface area contributed by atoms with Crippen LogP contribution >= 0.6 is 23.4 Å². The molecule has 0 aliphatic carbocycles. The van der Waals surface area contributed by atoms with Crippen molar-refractivity contribution >= 4 is 40.2 Å². The Balaban J connectivity index is 2.02. The van der Waals surface area contributed by atoms with Crippen LogP contribution in [0.15, 0.2) is 57.7 Å². The number of hydrogen-bond acceptors (Lipinski definition) is 4. The number of fused-ring (bicyclic) bond motifs is 1. The van der Waals surface area contributed by atoms with Crippen LogP contribution in [0.1, 0.15) is 5.56 Å². The quantitative estimate of drug-likeness (QED) is 0.299. The molecule has 3 aromatic rings. The van der Waals surface area contributed by atoms with Crippen LogP contribution in [0.4, 0.5) is 0 Å². The van der Waals surface area contributed by atoms with Crippen LogP contribution in [0.5, 0.6) is 0 Å². The Hall–Kier alpha value is -2.18. The molecule has 7 heteroatoms. The fourth-order valence-corrected chi connectivity index (χ4v) is 3.15. The van der Waals surface area contributed by atoms with Gasteiger partial charge in [0.05, 0.1) is 11.0 Å². The number of H-pyrrole nitrogens is 1. The molecule has 0 atom stereocenters. The van der Waals surface area contributed by atoms with E-state index < -0.39 is 0 Å². The van der Waals surface area contributed by atoms with E-state index in [1.54, 1.807) is 18.2 Å². The summed E-state index contributed by atoms with van der Waals surface area (Å²) >= 11 is 7.40. The Morgan fingerprint density at radius 2 is 2.10 bits per heavy atom. The number of nitrogens with two attached hydrogens (primary N) is 1. The topological polar surface area (TPSA) is 87.3 Å². The summed E-state index contributed by atoms with van der Waals surface area (Å²) in [6.45, 7) is 0. The van der Waals surface area contributed by atoms with E-state index in [2.05, 4.69) is 15.1 Å². The number of imidazole rings is 1. The zero-order valence-corrected chi connectivity index (χ0v) is 12.3. The smallest absolute Gasteiger partial charge is 0.171 e. The summed E-state index contributed by atoms with van der Waals surface area (Å²) in [6, 6.07) is 12.9. The molecule has 0 spiro atoms.